The van der Waals surface area contributed by atoms with Crippen molar-refractivity contribution in [2.45, 2.75) is 69.7 Å². The predicted octanol–water partition coefficient (Wildman–Crippen LogP) is 4.54. The lowest BCUT2D eigenvalue weighted by atomic mass is 9.75. The number of Topliss-reactive ketones (excluding diaryl/α,β-unsaturated/α-hetero) is 1. The summed E-state index contributed by atoms with van der Waals surface area (Å²) < 4.78 is 0. The van der Waals surface area contributed by atoms with Gasteiger partial charge in [-0.3, -0.25) is 19.2 Å². The number of hydrogen-bond acceptors (Lipinski definition) is 4. The standard InChI is InChI=1S/C11H20O3.C10H18O4.CH4/c1-6(2)9(8(5)12)10(7(3)4)11(13)14;1-5(2)7(9(11)12)8(6(3)4)10(13)14;/h6-7,9-10H,1-5H3,(H,13,14);5-8H,1-4H3,(H,11,12)(H,13,14);1H4. The van der Waals surface area contributed by atoms with Crippen molar-refractivity contribution in [3.8, 4) is 0 Å². The molecule has 0 rings (SSSR count). The number of ketones is 1. The first-order chi connectivity index (χ1) is 12.6. The molecule has 0 fully saturated rings. The van der Waals surface area contributed by atoms with Crippen molar-refractivity contribution in [1.29, 1.82) is 0 Å². The molecule has 3 N–H and O–H groups in total. The minimum Gasteiger partial charge on any atom is -0.481 e. The monoisotopic (exact) mass is 418 g/mol. The summed E-state index contributed by atoms with van der Waals surface area (Å²) in [6, 6.07) is 0. The van der Waals surface area contributed by atoms with E-state index < -0.39 is 35.7 Å². The van der Waals surface area contributed by atoms with Crippen LogP contribution in [0.3, 0.4) is 0 Å². The molecule has 0 aromatic rings. The summed E-state index contributed by atoms with van der Waals surface area (Å²) in [4.78, 5) is 44.3. The molecule has 0 saturated carbocycles. The van der Waals surface area contributed by atoms with E-state index in [0.717, 1.165) is 0 Å². The van der Waals surface area contributed by atoms with E-state index in [1.165, 1.54) is 6.92 Å². The van der Waals surface area contributed by atoms with Gasteiger partial charge in [-0.05, 0) is 30.6 Å². The van der Waals surface area contributed by atoms with Crippen LogP contribution >= 0.6 is 0 Å². The number of aliphatic carboxylic acids is 3. The number of carboxylic acid groups (broad SMARTS) is 3. The molecule has 7 heteroatoms. The Kier molecular flexibility index (Phi) is 15.5. The molecule has 0 aromatic carbocycles. The maximum atomic E-state index is 11.4. The first-order valence-electron chi connectivity index (χ1n) is 9.76. The highest BCUT2D eigenvalue weighted by atomic mass is 16.4. The molecule has 0 amide bonds. The van der Waals surface area contributed by atoms with Gasteiger partial charge in [0.1, 0.15) is 5.78 Å². The van der Waals surface area contributed by atoms with Crippen molar-refractivity contribution in [3.05, 3.63) is 0 Å². The van der Waals surface area contributed by atoms with Crippen molar-refractivity contribution < 1.29 is 34.5 Å². The van der Waals surface area contributed by atoms with Gasteiger partial charge in [-0.1, -0.05) is 62.8 Å². The van der Waals surface area contributed by atoms with Crippen molar-refractivity contribution in [1.82, 2.24) is 0 Å². The molecule has 0 aliphatic carbocycles. The molecule has 0 spiro atoms. The summed E-state index contributed by atoms with van der Waals surface area (Å²) in [5.41, 5.74) is 0. The predicted molar refractivity (Wildman–Crippen MR) is 114 cm³/mol. The number of rotatable bonds is 10. The Balaban J connectivity index is -0.000000451. The zero-order chi connectivity index (χ0) is 22.9. The van der Waals surface area contributed by atoms with Crippen LogP contribution < -0.4 is 0 Å². The molecule has 29 heavy (non-hydrogen) atoms. The van der Waals surface area contributed by atoms with Crippen molar-refractivity contribution >= 4 is 23.7 Å². The smallest absolute Gasteiger partial charge is 0.307 e. The quantitative estimate of drug-likeness (QED) is 0.475. The maximum Gasteiger partial charge on any atom is 0.307 e. The van der Waals surface area contributed by atoms with Crippen LogP contribution in [-0.2, 0) is 19.2 Å². The first kappa shape index (κ1) is 31.8. The van der Waals surface area contributed by atoms with E-state index >= 15 is 0 Å². The van der Waals surface area contributed by atoms with Gasteiger partial charge in [-0.15, -0.1) is 0 Å². The summed E-state index contributed by atoms with van der Waals surface area (Å²) in [7, 11) is 0. The summed E-state index contributed by atoms with van der Waals surface area (Å²) in [6.07, 6.45) is 0. The number of carbonyl (C=O) groups is 4. The fourth-order valence-electron chi connectivity index (χ4n) is 3.70. The van der Waals surface area contributed by atoms with Gasteiger partial charge in [0.2, 0.25) is 0 Å². The second-order valence-electron chi connectivity index (χ2n) is 8.70. The van der Waals surface area contributed by atoms with Gasteiger partial charge in [0, 0.05) is 5.92 Å². The van der Waals surface area contributed by atoms with Crippen molar-refractivity contribution in [2.75, 3.05) is 0 Å². The molecule has 0 aromatic heterocycles. The molecule has 0 radical (unpaired) electrons. The fraction of sp³-hybridized carbons (Fsp3) is 0.818. The second-order valence-corrected chi connectivity index (χ2v) is 8.70. The molecular formula is C22H42O7. The van der Waals surface area contributed by atoms with Crippen molar-refractivity contribution in [2.24, 2.45) is 47.3 Å². The Hall–Kier alpha value is -1.92. The van der Waals surface area contributed by atoms with E-state index in [9.17, 15) is 19.2 Å². The minimum atomic E-state index is -1.03. The topological polar surface area (TPSA) is 129 Å². The number of carbonyl (C=O) groups excluding carboxylic acids is 1. The third kappa shape index (κ3) is 10.4. The third-order valence-electron chi connectivity index (χ3n) is 4.97. The lowest BCUT2D eigenvalue weighted by Gasteiger charge is -2.27. The van der Waals surface area contributed by atoms with E-state index in [1.807, 2.05) is 27.7 Å². The van der Waals surface area contributed by atoms with Crippen LogP contribution in [0.4, 0.5) is 0 Å². The highest BCUT2D eigenvalue weighted by Crippen LogP contribution is 2.29. The van der Waals surface area contributed by atoms with Gasteiger partial charge >= 0.3 is 17.9 Å². The van der Waals surface area contributed by atoms with Crippen LogP contribution in [0.1, 0.15) is 69.7 Å². The zero-order valence-corrected chi connectivity index (χ0v) is 18.6. The Labute approximate surface area is 175 Å². The van der Waals surface area contributed by atoms with Crippen LogP contribution in [0.2, 0.25) is 0 Å². The van der Waals surface area contributed by atoms with Crippen LogP contribution in [-0.4, -0.2) is 39.0 Å². The van der Waals surface area contributed by atoms with Gasteiger partial charge in [0.15, 0.2) is 0 Å². The highest BCUT2D eigenvalue weighted by molar-refractivity contribution is 5.84. The maximum absolute atomic E-state index is 11.4. The van der Waals surface area contributed by atoms with Gasteiger partial charge in [0.25, 0.3) is 0 Å². The molecule has 4 atom stereocenters. The van der Waals surface area contributed by atoms with E-state index in [0.29, 0.717) is 0 Å². The molecule has 0 heterocycles. The Morgan fingerprint density at radius 1 is 0.483 bits per heavy atom. The Morgan fingerprint density at radius 2 is 0.655 bits per heavy atom. The van der Waals surface area contributed by atoms with Gasteiger partial charge in [0.05, 0.1) is 17.8 Å². The van der Waals surface area contributed by atoms with Crippen LogP contribution in [0.15, 0.2) is 0 Å². The van der Waals surface area contributed by atoms with Crippen LogP contribution in [0.25, 0.3) is 0 Å². The van der Waals surface area contributed by atoms with Crippen LogP contribution in [0.5, 0.6) is 0 Å². The average Bonchev–Trinajstić information content (AvgIpc) is 2.47. The van der Waals surface area contributed by atoms with Gasteiger partial charge in [-0.25, -0.2) is 0 Å². The Morgan fingerprint density at radius 3 is 0.724 bits per heavy atom. The second kappa shape index (κ2) is 14.1. The lowest BCUT2D eigenvalue weighted by molar-refractivity contribution is -0.157. The molecule has 7 nitrogen and oxygen atoms in total. The molecule has 172 valence electrons. The van der Waals surface area contributed by atoms with E-state index in [-0.39, 0.29) is 42.8 Å². The largest absolute Gasteiger partial charge is 0.481 e. The van der Waals surface area contributed by atoms with Crippen molar-refractivity contribution in [3.63, 3.8) is 0 Å². The van der Waals surface area contributed by atoms with E-state index in [1.54, 1.807) is 27.7 Å². The van der Waals surface area contributed by atoms with E-state index in [4.69, 9.17) is 15.3 Å². The van der Waals surface area contributed by atoms with E-state index in [2.05, 4.69) is 0 Å². The van der Waals surface area contributed by atoms with Gasteiger partial charge < -0.3 is 15.3 Å². The minimum absolute atomic E-state index is 0. The number of hydrogen-bond donors (Lipinski definition) is 3. The third-order valence-corrected chi connectivity index (χ3v) is 4.97. The molecule has 0 aliphatic rings. The lowest BCUT2D eigenvalue weighted by Crippen LogP contribution is -2.36. The summed E-state index contributed by atoms with van der Waals surface area (Å²) in [6.45, 7) is 15.9. The Bertz CT molecular complexity index is 439. The molecular weight excluding hydrogens is 376 g/mol. The SMILES string of the molecule is C.CC(=O)C(C(C)C)C(C(=O)O)C(C)C.CC(C)C(C(=O)O)C(C(=O)O)C(C)C. The normalized spacial score (nSPS) is 15.1. The molecule has 4 unspecified atom stereocenters. The summed E-state index contributed by atoms with van der Waals surface area (Å²) >= 11 is 0. The number of carboxylic acids is 3. The molecule has 0 bridgehead atoms. The molecule has 0 saturated heterocycles. The first-order valence-corrected chi connectivity index (χ1v) is 9.76. The fourth-order valence-corrected chi connectivity index (χ4v) is 3.70. The highest BCUT2D eigenvalue weighted by Gasteiger charge is 2.38. The summed E-state index contributed by atoms with van der Waals surface area (Å²) in [5.74, 6) is -5.77. The van der Waals surface area contributed by atoms with Gasteiger partial charge in [-0.2, -0.15) is 0 Å². The average molecular weight is 419 g/mol. The molecule has 0 aliphatic heterocycles. The van der Waals surface area contributed by atoms with Crippen LogP contribution in [0, 0.1) is 47.3 Å². The summed E-state index contributed by atoms with van der Waals surface area (Å²) in [5, 5.41) is 27.0. The zero-order valence-electron chi connectivity index (χ0n) is 18.6.